The van der Waals surface area contributed by atoms with Crippen LogP contribution in [0.4, 0.5) is 0 Å². The topological polar surface area (TPSA) is 52.3 Å². The molecule has 16 heavy (non-hydrogen) atoms. The van der Waals surface area contributed by atoms with Crippen LogP contribution in [0, 0.1) is 6.92 Å². The van der Waals surface area contributed by atoms with Crippen molar-refractivity contribution in [2.75, 3.05) is 7.11 Å². The SMILES string of the molecule is COC(=O)C(N)c1cc(C(C)C)ccc1C. The van der Waals surface area contributed by atoms with Crippen LogP contribution < -0.4 is 5.73 Å². The Balaban J connectivity index is 3.11. The zero-order chi connectivity index (χ0) is 12.3. The molecular formula is C13H19NO2. The molecule has 1 aromatic rings. The van der Waals surface area contributed by atoms with Crippen LogP contribution in [-0.4, -0.2) is 13.1 Å². The Hall–Kier alpha value is -1.35. The molecule has 0 saturated heterocycles. The van der Waals surface area contributed by atoms with E-state index in [0.717, 1.165) is 11.1 Å². The van der Waals surface area contributed by atoms with Crippen LogP contribution in [0.2, 0.25) is 0 Å². The lowest BCUT2D eigenvalue weighted by Crippen LogP contribution is -2.23. The van der Waals surface area contributed by atoms with E-state index in [9.17, 15) is 4.79 Å². The summed E-state index contributed by atoms with van der Waals surface area (Å²) in [5, 5.41) is 0. The Morgan fingerprint density at radius 1 is 1.38 bits per heavy atom. The first-order valence-corrected chi connectivity index (χ1v) is 5.41. The van der Waals surface area contributed by atoms with Crippen molar-refractivity contribution in [1.82, 2.24) is 0 Å². The maximum absolute atomic E-state index is 11.4. The Kier molecular flexibility index (Phi) is 4.07. The molecule has 0 aliphatic rings. The first-order valence-electron chi connectivity index (χ1n) is 5.41. The third kappa shape index (κ3) is 2.61. The van der Waals surface area contributed by atoms with Gasteiger partial charge in [-0.2, -0.15) is 0 Å². The highest BCUT2D eigenvalue weighted by atomic mass is 16.5. The van der Waals surface area contributed by atoms with Gasteiger partial charge in [0.2, 0.25) is 0 Å². The van der Waals surface area contributed by atoms with Gasteiger partial charge in [-0.1, -0.05) is 32.0 Å². The highest BCUT2D eigenvalue weighted by Crippen LogP contribution is 2.22. The maximum Gasteiger partial charge on any atom is 0.327 e. The predicted octanol–water partition coefficient (Wildman–Crippen LogP) is 2.29. The number of methoxy groups -OCH3 is 1. The molecule has 0 amide bonds. The molecule has 3 nitrogen and oxygen atoms in total. The number of benzene rings is 1. The fraction of sp³-hybridized carbons (Fsp3) is 0.462. The minimum Gasteiger partial charge on any atom is -0.468 e. The van der Waals surface area contributed by atoms with E-state index in [4.69, 9.17) is 5.73 Å². The number of aryl methyl sites for hydroxylation is 1. The van der Waals surface area contributed by atoms with Gasteiger partial charge < -0.3 is 10.5 Å². The van der Waals surface area contributed by atoms with Crippen LogP contribution in [0.3, 0.4) is 0 Å². The second kappa shape index (κ2) is 5.12. The molecule has 2 N–H and O–H groups in total. The van der Waals surface area contributed by atoms with Crippen LogP contribution >= 0.6 is 0 Å². The lowest BCUT2D eigenvalue weighted by molar-refractivity contribution is -0.142. The monoisotopic (exact) mass is 221 g/mol. The summed E-state index contributed by atoms with van der Waals surface area (Å²) >= 11 is 0. The van der Waals surface area contributed by atoms with Crippen molar-refractivity contribution < 1.29 is 9.53 Å². The van der Waals surface area contributed by atoms with Gasteiger partial charge in [-0.3, -0.25) is 4.79 Å². The van der Waals surface area contributed by atoms with Crippen LogP contribution in [0.5, 0.6) is 0 Å². The standard InChI is InChI=1S/C13H19NO2/c1-8(2)10-6-5-9(3)11(7-10)12(14)13(15)16-4/h5-8,12H,14H2,1-4H3. The van der Waals surface area contributed by atoms with E-state index < -0.39 is 12.0 Å². The number of rotatable bonds is 3. The maximum atomic E-state index is 11.4. The molecule has 0 radical (unpaired) electrons. The number of hydrogen-bond acceptors (Lipinski definition) is 3. The lowest BCUT2D eigenvalue weighted by Gasteiger charge is -2.15. The van der Waals surface area contributed by atoms with Gasteiger partial charge in [-0.15, -0.1) is 0 Å². The van der Waals surface area contributed by atoms with E-state index in [1.54, 1.807) is 0 Å². The minimum atomic E-state index is -0.691. The summed E-state index contributed by atoms with van der Waals surface area (Å²) in [4.78, 5) is 11.4. The van der Waals surface area contributed by atoms with E-state index in [2.05, 4.69) is 24.7 Å². The third-order valence-electron chi connectivity index (χ3n) is 2.76. The Morgan fingerprint density at radius 2 is 2.00 bits per heavy atom. The minimum absolute atomic E-state index is 0.399. The van der Waals surface area contributed by atoms with Crippen molar-refractivity contribution in [1.29, 1.82) is 0 Å². The average molecular weight is 221 g/mol. The fourth-order valence-corrected chi connectivity index (χ4v) is 1.61. The number of esters is 1. The summed E-state index contributed by atoms with van der Waals surface area (Å²) in [5.41, 5.74) is 8.89. The summed E-state index contributed by atoms with van der Waals surface area (Å²) in [5.74, 6) is 0.0215. The van der Waals surface area contributed by atoms with Crippen molar-refractivity contribution in [3.8, 4) is 0 Å². The molecule has 0 spiro atoms. The molecule has 3 heteroatoms. The van der Waals surface area contributed by atoms with E-state index in [0.29, 0.717) is 5.92 Å². The highest BCUT2D eigenvalue weighted by molar-refractivity contribution is 5.77. The molecule has 0 aliphatic carbocycles. The van der Waals surface area contributed by atoms with Crippen LogP contribution in [0.15, 0.2) is 18.2 Å². The number of carbonyl (C=O) groups excluding carboxylic acids is 1. The molecule has 1 unspecified atom stereocenters. The summed E-state index contributed by atoms with van der Waals surface area (Å²) in [6, 6.07) is 5.35. The fourth-order valence-electron chi connectivity index (χ4n) is 1.61. The van der Waals surface area contributed by atoms with E-state index in [1.807, 2.05) is 19.1 Å². The summed E-state index contributed by atoms with van der Waals surface area (Å²) in [6.07, 6.45) is 0. The second-order valence-corrected chi connectivity index (χ2v) is 4.27. The van der Waals surface area contributed by atoms with Gasteiger partial charge in [0.1, 0.15) is 6.04 Å². The Labute approximate surface area is 96.6 Å². The van der Waals surface area contributed by atoms with E-state index in [1.165, 1.54) is 12.7 Å². The average Bonchev–Trinajstić information content (AvgIpc) is 2.27. The van der Waals surface area contributed by atoms with Crippen LogP contribution in [-0.2, 0) is 9.53 Å². The van der Waals surface area contributed by atoms with Gasteiger partial charge in [0, 0.05) is 0 Å². The quantitative estimate of drug-likeness (QED) is 0.797. The van der Waals surface area contributed by atoms with Crippen LogP contribution in [0.25, 0.3) is 0 Å². The molecule has 0 aliphatic heterocycles. The molecule has 0 fully saturated rings. The van der Waals surface area contributed by atoms with Crippen molar-refractivity contribution in [2.45, 2.75) is 32.7 Å². The molecule has 0 heterocycles. The number of nitrogens with two attached hydrogens (primary N) is 1. The molecule has 0 bridgehead atoms. The van der Waals surface area contributed by atoms with Crippen molar-refractivity contribution in [2.24, 2.45) is 5.73 Å². The van der Waals surface area contributed by atoms with Gasteiger partial charge in [-0.05, 0) is 29.5 Å². The summed E-state index contributed by atoms with van der Waals surface area (Å²) in [7, 11) is 1.35. The van der Waals surface area contributed by atoms with Gasteiger partial charge in [0.15, 0.2) is 0 Å². The molecule has 0 saturated carbocycles. The largest absolute Gasteiger partial charge is 0.468 e. The number of ether oxygens (including phenoxy) is 1. The third-order valence-corrected chi connectivity index (χ3v) is 2.76. The highest BCUT2D eigenvalue weighted by Gasteiger charge is 2.18. The Bertz CT molecular complexity index is 386. The second-order valence-electron chi connectivity index (χ2n) is 4.27. The van der Waals surface area contributed by atoms with Crippen LogP contribution in [0.1, 0.15) is 42.5 Å². The van der Waals surface area contributed by atoms with E-state index in [-0.39, 0.29) is 0 Å². The van der Waals surface area contributed by atoms with Gasteiger partial charge >= 0.3 is 5.97 Å². The first-order chi connectivity index (χ1) is 7.47. The zero-order valence-electron chi connectivity index (χ0n) is 10.3. The van der Waals surface area contributed by atoms with Crippen molar-refractivity contribution >= 4 is 5.97 Å². The van der Waals surface area contributed by atoms with Gasteiger partial charge in [-0.25, -0.2) is 0 Å². The van der Waals surface area contributed by atoms with Gasteiger partial charge in [0.05, 0.1) is 7.11 Å². The molecular weight excluding hydrogens is 202 g/mol. The molecule has 88 valence electrons. The number of carbonyl (C=O) groups is 1. The van der Waals surface area contributed by atoms with Crippen molar-refractivity contribution in [3.05, 3.63) is 34.9 Å². The molecule has 1 rings (SSSR count). The lowest BCUT2D eigenvalue weighted by atomic mass is 9.94. The smallest absolute Gasteiger partial charge is 0.327 e. The Morgan fingerprint density at radius 3 is 2.50 bits per heavy atom. The van der Waals surface area contributed by atoms with Gasteiger partial charge in [0.25, 0.3) is 0 Å². The first kappa shape index (κ1) is 12.7. The number of hydrogen-bond donors (Lipinski definition) is 1. The summed E-state index contributed by atoms with van der Waals surface area (Å²) < 4.78 is 4.66. The van der Waals surface area contributed by atoms with Crippen molar-refractivity contribution in [3.63, 3.8) is 0 Å². The molecule has 1 aromatic carbocycles. The summed E-state index contributed by atoms with van der Waals surface area (Å²) in [6.45, 7) is 6.17. The molecule has 0 aromatic heterocycles. The zero-order valence-corrected chi connectivity index (χ0v) is 10.3. The normalized spacial score (nSPS) is 12.6. The van der Waals surface area contributed by atoms with E-state index >= 15 is 0 Å². The molecule has 1 atom stereocenters. The predicted molar refractivity (Wildman–Crippen MR) is 64.2 cm³/mol.